The maximum atomic E-state index is 12.2. The van der Waals surface area contributed by atoms with Crippen molar-refractivity contribution in [1.29, 1.82) is 0 Å². The van der Waals surface area contributed by atoms with Gasteiger partial charge in [-0.1, -0.05) is 19.3 Å². The summed E-state index contributed by atoms with van der Waals surface area (Å²) in [7, 11) is 4.03. The van der Waals surface area contributed by atoms with Crippen LogP contribution in [0.15, 0.2) is 24.3 Å². The van der Waals surface area contributed by atoms with Crippen LogP contribution in [0.3, 0.4) is 0 Å². The van der Waals surface area contributed by atoms with E-state index in [-0.39, 0.29) is 11.9 Å². The van der Waals surface area contributed by atoms with Gasteiger partial charge in [0, 0.05) is 31.5 Å². The Hall–Kier alpha value is -1.71. The minimum atomic E-state index is -0.211. The fourth-order valence-corrected chi connectivity index (χ4v) is 2.74. The molecule has 0 radical (unpaired) electrons. The molecule has 4 nitrogen and oxygen atoms in total. The molecule has 1 aliphatic rings. The van der Waals surface area contributed by atoms with Crippen LogP contribution in [-0.2, 0) is 4.79 Å². The van der Waals surface area contributed by atoms with Crippen molar-refractivity contribution in [1.82, 2.24) is 5.32 Å². The first kappa shape index (κ1) is 15.7. The van der Waals surface area contributed by atoms with Gasteiger partial charge in [-0.25, -0.2) is 0 Å². The maximum Gasteiger partial charge on any atom is 0.242 e. The van der Waals surface area contributed by atoms with Crippen molar-refractivity contribution in [2.24, 2.45) is 0 Å². The first-order valence-electron chi connectivity index (χ1n) is 7.90. The second kappa shape index (κ2) is 7.34. The van der Waals surface area contributed by atoms with Gasteiger partial charge in [-0.3, -0.25) is 4.79 Å². The van der Waals surface area contributed by atoms with E-state index in [4.69, 9.17) is 0 Å². The fourth-order valence-electron chi connectivity index (χ4n) is 2.74. The summed E-state index contributed by atoms with van der Waals surface area (Å²) in [6.45, 7) is 1.91. The standard InChI is InChI=1S/C17H27N3O/c1-13(17(21)19-14-7-5-4-6-8-14)18-15-9-11-16(12-10-15)20(2)3/h9-14,18H,4-8H2,1-3H3,(H,19,21). The van der Waals surface area contributed by atoms with Crippen LogP contribution in [0.25, 0.3) is 0 Å². The molecule has 116 valence electrons. The predicted octanol–water partition coefficient (Wildman–Crippen LogP) is 3.00. The van der Waals surface area contributed by atoms with Gasteiger partial charge in [0.05, 0.1) is 0 Å². The van der Waals surface area contributed by atoms with Crippen molar-refractivity contribution in [3.05, 3.63) is 24.3 Å². The molecular formula is C17H27N3O. The number of carbonyl (C=O) groups is 1. The molecule has 1 saturated carbocycles. The number of nitrogens with one attached hydrogen (secondary N) is 2. The minimum Gasteiger partial charge on any atom is -0.378 e. The van der Waals surface area contributed by atoms with Gasteiger partial charge in [-0.2, -0.15) is 0 Å². The predicted molar refractivity (Wildman–Crippen MR) is 88.9 cm³/mol. The average molecular weight is 289 g/mol. The molecule has 0 bridgehead atoms. The van der Waals surface area contributed by atoms with Crippen LogP contribution in [0.4, 0.5) is 11.4 Å². The highest BCUT2D eigenvalue weighted by Crippen LogP contribution is 2.18. The second-order valence-electron chi connectivity index (χ2n) is 6.15. The molecule has 0 aliphatic heterocycles. The number of amides is 1. The third kappa shape index (κ3) is 4.66. The van der Waals surface area contributed by atoms with Crippen molar-refractivity contribution >= 4 is 17.3 Å². The van der Waals surface area contributed by atoms with Crippen LogP contribution in [0.2, 0.25) is 0 Å². The third-order valence-electron chi connectivity index (χ3n) is 4.11. The van der Waals surface area contributed by atoms with Gasteiger partial charge in [0.15, 0.2) is 0 Å². The van der Waals surface area contributed by atoms with E-state index in [0.29, 0.717) is 6.04 Å². The lowest BCUT2D eigenvalue weighted by molar-refractivity contribution is -0.122. The lowest BCUT2D eigenvalue weighted by Gasteiger charge is -2.25. The zero-order chi connectivity index (χ0) is 15.2. The summed E-state index contributed by atoms with van der Waals surface area (Å²) in [6, 6.07) is 8.28. The average Bonchev–Trinajstić information content (AvgIpc) is 2.48. The largest absolute Gasteiger partial charge is 0.378 e. The Bertz CT molecular complexity index is 450. The van der Waals surface area contributed by atoms with E-state index < -0.39 is 0 Å². The number of anilines is 2. The van der Waals surface area contributed by atoms with E-state index in [2.05, 4.69) is 15.5 Å². The van der Waals surface area contributed by atoms with Crippen molar-refractivity contribution < 1.29 is 4.79 Å². The molecule has 0 aromatic heterocycles. The number of hydrogen-bond acceptors (Lipinski definition) is 3. The highest BCUT2D eigenvalue weighted by Gasteiger charge is 2.19. The summed E-state index contributed by atoms with van der Waals surface area (Å²) in [5, 5.41) is 6.43. The Labute approximate surface area is 127 Å². The summed E-state index contributed by atoms with van der Waals surface area (Å²) < 4.78 is 0. The van der Waals surface area contributed by atoms with E-state index in [1.54, 1.807) is 0 Å². The Morgan fingerprint density at radius 3 is 2.33 bits per heavy atom. The molecule has 21 heavy (non-hydrogen) atoms. The van der Waals surface area contributed by atoms with Crippen molar-refractivity contribution in [2.45, 2.75) is 51.1 Å². The first-order valence-corrected chi connectivity index (χ1v) is 7.90. The molecule has 1 atom stereocenters. The van der Waals surface area contributed by atoms with Gasteiger partial charge in [0.1, 0.15) is 6.04 Å². The zero-order valence-corrected chi connectivity index (χ0v) is 13.4. The Kier molecular flexibility index (Phi) is 5.48. The molecule has 2 rings (SSSR count). The van der Waals surface area contributed by atoms with Crippen LogP contribution >= 0.6 is 0 Å². The Balaban J connectivity index is 1.84. The number of rotatable bonds is 5. The van der Waals surface area contributed by atoms with Gasteiger partial charge in [-0.05, 0) is 44.0 Å². The molecule has 0 saturated heterocycles. The van der Waals surface area contributed by atoms with E-state index in [1.807, 2.05) is 45.3 Å². The Morgan fingerprint density at radius 1 is 1.14 bits per heavy atom. The smallest absolute Gasteiger partial charge is 0.242 e. The van der Waals surface area contributed by atoms with E-state index in [9.17, 15) is 4.79 Å². The molecule has 1 unspecified atom stereocenters. The number of hydrogen-bond donors (Lipinski definition) is 2. The zero-order valence-electron chi connectivity index (χ0n) is 13.4. The summed E-state index contributed by atoms with van der Waals surface area (Å²) in [5.74, 6) is 0.0959. The summed E-state index contributed by atoms with van der Waals surface area (Å²) in [6.07, 6.45) is 6.02. The van der Waals surface area contributed by atoms with Crippen LogP contribution in [0, 0.1) is 0 Å². The highest BCUT2D eigenvalue weighted by atomic mass is 16.2. The molecule has 0 heterocycles. The molecule has 4 heteroatoms. The molecule has 1 aromatic carbocycles. The van der Waals surface area contributed by atoms with Crippen molar-refractivity contribution in [3.8, 4) is 0 Å². The maximum absolute atomic E-state index is 12.2. The summed E-state index contributed by atoms with van der Waals surface area (Å²) in [5.41, 5.74) is 2.13. The SMILES string of the molecule is CC(Nc1ccc(N(C)C)cc1)C(=O)NC1CCCCC1. The number of benzene rings is 1. The minimum absolute atomic E-state index is 0.0959. The number of carbonyl (C=O) groups excluding carboxylic acids is 1. The van der Waals surface area contributed by atoms with Gasteiger partial charge in [0.2, 0.25) is 5.91 Å². The topological polar surface area (TPSA) is 44.4 Å². The van der Waals surface area contributed by atoms with Gasteiger partial charge >= 0.3 is 0 Å². The molecule has 1 fully saturated rings. The van der Waals surface area contributed by atoms with E-state index in [0.717, 1.165) is 24.2 Å². The second-order valence-corrected chi connectivity index (χ2v) is 6.15. The van der Waals surface area contributed by atoms with Crippen LogP contribution in [-0.4, -0.2) is 32.1 Å². The van der Waals surface area contributed by atoms with Crippen LogP contribution in [0.5, 0.6) is 0 Å². The lowest BCUT2D eigenvalue weighted by Crippen LogP contribution is -2.43. The summed E-state index contributed by atoms with van der Waals surface area (Å²) in [4.78, 5) is 14.3. The molecule has 0 spiro atoms. The normalized spacial score (nSPS) is 17.1. The monoisotopic (exact) mass is 289 g/mol. The third-order valence-corrected chi connectivity index (χ3v) is 4.11. The first-order chi connectivity index (χ1) is 10.1. The highest BCUT2D eigenvalue weighted by molar-refractivity contribution is 5.84. The van der Waals surface area contributed by atoms with Gasteiger partial charge in [-0.15, -0.1) is 0 Å². The molecule has 1 amide bonds. The van der Waals surface area contributed by atoms with E-state index in [1.165, 1.54) is 19.3 Å². The quantitative estimate of drug-likeness (QED) is 0.876. The van der Waals surface area contributed by atoms with Crippen molar-refractivity contribution in [2.75, 3.05) is 24.3 Å². The van der Waals surface area contributed by atoms with Crippen LogP contribution in [0.1, 0.15) is 39.0 Å². The Morgan fingerprint density at radius 2 is 1.76 bits per heavy atom. The van der Waals surface area contributed by atoms with E-state index >= 15 is 0 Å². The number of nitrogens with zero attached hydrogens (tertiary/aromatic N) is 1. The molecule has 1 aliphatic carbocycles. The molecule has 2 N–H and O–H groups in total. The van der Waals surface area contributed by atoms with Crippen LogP contribution < -0.4 is 15.5 Å². The lowest BCUT2D eigenvalue weighted by atomic mass is 9.95. The molecular weight excluding hydrogens is 262 g/mol. The molecule has 1 aromatic rings. The van der Waals surface area contributed by atoms with Gasteiger partial charge in [0.25, 0.3) is 0 Å². The van der Waals surface area contributed by atoms with Crippen molar-refractivity contribution in [3.63, 3.8) is 0 Å². The summed E-state index contributed by atoms with van der Waals surface area (Å²) >= 11 is 0. The fraction of sp³-hybridized carbons (Fsp3) is 0.588. The van der Waals surface area contributed by atoms with Gasteiger partial charge < -0.3 is 15.5 Å².